The number of anilines is 1. The van der Waals surface area contributed by atoms with Crippen LogP contribution in [-0.4, -0.2) is 48.4 Å². The Bertz CT molecular complexity index is 1220. The van der Waals surface area contributed by atoms with E-state index in [4.69, 9.17) is 9.72 Å². The fourth-order valence-corrected chi connectivity index (χ4v) is 3.53. The molecule has 0 bridgehead atoms. The van der Waals surface area contributed by atoms with Crippen LogP contribution in [0.5, 0.6) is 5.75 Å². The Balaban J connectivity index is 0.000000523. The van der Waals surface area contributed by atoms with E-state index in [1.54, 1.807) is 21.2 Å². The molecule has 7 nitrogen and oxygen atoms in total. The first-order chi connectivity index (χ1) is 15.4. The average Bonchev–Trinajstić information content (AvgIpc) is 3.23. The van der Waals surface area contributed by atoms with Crippen LogP contribution in [0, 0.1) is 6.92 Å². The van der Waals surface area contributed by atoms with Crippen molar-refractivity contribution in [1.29, 1.82) is 0 Å². The van der Waals surface area contributed by atoms with Crippen molar-refractivity contribution in [3.05, 3.63) is 71.2 Å². The number of para-hydroxylation sites is 1. The molecule has 4 aromatic rings. The predicted octanol–water partition coefficient (Wildman–Crippen LogP) is 4.63. The van der Waals surface area contributed by atoms with E-state index < -0.39 is 0 Å². The van der Waals surface area contributed by atoms with Gasteiger partial charge in [0.15, 0.2) is 5.13 Å². The Morgan fingerprint density at radius 1 is 1.09 bits per heavy atom. The van der Waals surface area contributed by atoms with E-state index in [9.17, 15) is 9.59 Å². The van der Waals surface area contributed by atoms with Gasteiger partial charge in [-0.25, -0.2) is 9.97 Å². The molecular weight excluding hydrogens is 424 g/mol. The molecule has 4 rings (SSSR count). The number of hydrogen-bond donors (Lipinski definition) is 1. The predicted molar refractivity (Wildman–Crippen MR) is 128 cm³/mol. The topological polar surface area (TPSA) is 84.4 Å². The third-order valence-electron chi connectivity index (χ3n) is 4.40. The van der Waals surface area contributed by atoms with Crippen LogP contribution in [0.4, 0.5) is 5.13 Å². The number of hydrogen-bond acceptors (Lipinski definition) is 6. The number of ether oxygens (including phenoxy) is 1. The van der Waals surface area contributed by atoms with Gasteiger partial charge in [0.1, 0.15) is 5.75 Å². The van der Waals surface area contributed by atoms with Gasteiger partial charge in [-0.2, -0.15) is 0 Å². The minimum atomic E-state index is -0.197. The van der Waals surface area contributed by atoms with Crippen molar-refractivity contribution in [3.8, 4) is 17.0 Å². The molecular formula is C24H24N4O3S. The van der Waals surface area contributed by atoms with E-state index in [0.29, 0.717) is 10.7 Å². The number of carbonyl (C=O) groups is 2. The molecule has 0 aliphatic carbocycles. The fraction of sp³-hybridized carbons (Fsp3) is 0.167. The third kappa shape index (κ3) is 5.67. The Morgan fingerprint density at radius 3 is 2.38 bits per heavy atom. The zero-order valence-electron chi connectivity index (χ0n) is 18.3. The lowest BCUT2D eigenvalue weighted by molar-refractivity contribution is -0.115. The van der Waals surface area contributed by atoms with Gasteiger partial charge in [-0.1, -0.05) is 18.2 Å². The maximum absolute atomic E-state index is 12.9. The summed E-state index contributed by atoms with van der Waals surface area (Å²) >= 11 is 1.41. The van der Waals surface area contributed by atoms with Gasteiger partial charge in [-0.05, 0) is 43.3 Å². The van der Waals surface area contributed by atoms with Gasteiger partial charge >= 0.3 is 0 Å². The summed E-state index contributed by atoms with van der Waals surface area (Å²) in [6, 6.07) is 17.1. The Morgan fingerprint density at radius 2 is 1.78 bits per heavy atom. The highest BCUT2D eigenvalue weighted by Crippen LogP contribution is 2.27. The summed E-state index contributed by atoms with van der Waals surface area (Å²) in [6.07, 6.45) is 0.750. The number of aromatic nitrogens is 2. The number of methoxy groups -OCH3 is 1. The van der Waals surface area contributed by atoms with Crippen molar-refractivity contribution >= 4 is 39.7 Å². The number of nitrogens with zero attached hydrogens (tertiary/aromatic N) is 3. The normalized spacial score (nSPS) is 10.1. The van der Waals surface area contributed by atoms with Crippen LogP contribution in [0.25, 0.3) is 22.2 Å². The van der Waals surface area contributed by atoms with Crippen LogP contribution in [-0.2, 0) is 4.79 Å². The van der Waals surface area contributed by atoms with Gasteiger partial charge in [0.25, 0.3) is 5.91 Å². The van der Waals surface area contributed by atoms with E-state index in [1.165, 1.54) is 16.2 Å². The molecule has 2 aromatic heterocycles. The van der Waals surface area contributed by atoms with E-state index in [1.807, 2.05) is 66.9 Å². The lowest BCUT2D eigenvalue weighted by atomic mass is 10.0. The average molecular weight is 449 g/mol. The van der Waals surface area contributed by atoms with E-state index in [0.717, 1.165) is 40.0 Å². The molecule has 0 aliphatic heterocycles. The molecule has 1 N–H and O–H groups in total. The summed E-state index contributed by atoms with van der Waals surface area (Å²) in [6.45, 7) is 1.90. The second-order valence-electron chi connectivity index (χ2n) is 7.12. The number of pyridine rings is 1. The number of amides is 2. The maximum atomic E-state index is 12.9. The van der Waals surface area contributed by atoms with Gasteiger partial charge in [0, 0.05) is 30.4 Å². The van der Waals surface area contributed by atoms with Gasteiger partial charge < -0.3 is 9.64 Å². The molecule has 0 fully saturated rings. The molecule has 2 heterocycles. The van der Waals surface area contributed by atoms with Crippen LogP contribution in [0.1, 0.15) is 16.1 Å². The lowest BCUT2D eigenvalue weighted by Gasteiger charge is -2.10. The van der Waals surface area contributed by atoms with Crippen LogP contribution in [0.15, 0.2) is 60.0 Å². The van der Waals surface area contributed by atoms with E-state index >= 15 is 0 Å². The van der Waals surface area contributed by atoms with Crippen LogP contribution >= 0.6 is 11.3 Å². The van der Waals surface area contributed by atoms with Crippen molar-refractivity contribution in [1.82, 2.24) is 14.9 Å². The van der Waals surface area contributed by atoms with Crippen molar-refractivity contribution in [2.75, 3.05) is 26.5 Å². The molecule has 32 heavy (non-hydrogen) atoms. The van der Waals surface area contributed by atoms with Crippen molar-refractivity contribution < 1.29 is 14.3 Å². The van der Waals surface area contributed by atoms with E-state index in [-0.39, 0.29) is 5.91 Å². The third-order valence-corrected chi connectivity index (χ3v) is 5.27. The molecule has 0 radical (unpaired) electrons. The van der Waals surface area contributed by atoms with Gasteiger partial charge in [-0.3, -0.25) is 14.9 Å². The Kier molecular flexibility index (Phi) is 7.51. The van der Waals surface area contributed by atoms with Crippen LogP contribution in [0.3, 0.4) is 0 Å². The smallest absolute Gasteiger partial charge is 0.258 e. The summed E-state index contributed by atoms with van der Waals surface area (Å²) in [4.78, 5) is 32.8. The quantitative estimate of drug-likeness (QED) is 0.450. The first-order valence-electron chi connectivity index (χ1n) is 9.80. The summed E-state index contributed by atoms with van der Waals surface area (Å²) in [7, 11) is 5.01. The van der Waals surface area contributed by atoms with Crippen molar-refractivity contribution in [2.45, 2.75) is 6.92 Å². The van der Waals surface area contributed by atoms with Crippen molar-refractivity contribution in [2.24, 2.45) is 0 Å². The second kappa shape index (κ2) is 10.5. The van der Waals surface area contributed by atoms with E-state index in [2.05, 4.69) is 10.3 Å². The molecule has 2 amide bonds. The Hall–Kier alpha value is -3.78. The summed E-state index contributed by atoms with van der Waals surface area (Å²) < 4.78 is 5.22. The largest absolute Gasteiger partial charge is 0.497 e. The monoisotopic (exact) mass is 448 g/mol. The molecule has 0 saturated carbocycles. The molecule has 0 spiro atoms. The highest BCUT2D eigenvalue weighted by molar-refractivity contribution is 7.13. The Labute approximate surface area is 190 Å². The maximum Gasteiger partial charge on any atom is 0.258 e. The lowest BCUT2D eigenvalue weighted by Crippen LogP contribution is -2.13. The van der Waals surface area contributed by atoms with Gasteiger partial charge in [0.05, 0.1) is 29.6 Å². The zero-order chi connectivity index (χ0) is 23.1. The van der Waals surface area contributed by atoms with Crippen LogP contribution in [0.2, 0.25) is 0 Å². The summed E-state index contributed by atoms with van der Waals surface area (Å²) in [5.74, 6) is 0.578. The molecule has 0 atom stereocenters. The number of rotatable bonds is 5. The van der Waals surface area contributed by atoms with Gasteiger partial charge in [-0.15, -0.1) is 11.3 Å². The molecule has 0 saturated heterocycles. The minimum Gasteiger partial charge on any atom is -0.497 e. The first kappa shape index (κ1) is 22.9. The van der Waals surface area contributed by atoms with Crippen LogP contribution < -0.4 is 10.1 Å². The number of aryl methyl sites for hydroxylation is 1. The number of nitrogens with one attached hydrogen (secondary N) is 1. The molecule has 164 valence electrons. The molecule has 0 aliphatic rings. The highest BCUT2D eigenvalue weighted by atomic mass is 32.1. The number of benzene rings is 2. The SMILES string of the molecule is CN(C)C=O.COc1ccc(-c2cc(C(=O)Nc3nc(C)cs3)c3ccccc3n2)cc1. The van der Waals surface area contributed by atoms with Gasteiger partial charge in [0.2, 0.25) is 6.41 Å². The van der Waals surface area contributed by atoms with Crippen molar-refractivity contribution in [3.63, 3.8) is 0 Å². The highest BCUT2D eigenvalue weighted by Gasteiger charge is 2.15. The molecule has 2 aromatic carbocycles. The summed E-state index contributed by atoms with van der Waals surface area (Å²) in [5.41, 5.74) is 3.87. The molecule has 0 unspecified atom stereocenters. The number of thiazole rings is 1. The zero-order valence-corrected chi connectivity index (χ0v) is 19.1. The number of fused-ring (bicyclic) bond motifs is 1. The first-order valence-corrected chi connectivity index (χ1v) is 10.7. The fourth-order valence-electron chi connectivity index (χ4n) is 2.85. The standard InChI is InChI=1S/C21H17N3O2S.C3H7NO/c1-13-12-27-21(22-13)24-20(25)17-11-19(14-7-9-15(26-2)10-8-14)23-18-6-4-3-5-16(17)18;1-4(2)3-5/h3-12H,1-2H3,(H,22,24,25);3H,1-2H3. The summed E-state index contributed by atoms with van der Waals surface area (Å²) in [5, 5.41) is 6.19. The number of carbonyl (C=O) groups excluding carboxylic acids is 2. The minimum absolute atomic E-state index is 0.197. The molecule has 8 heteroatoms. The second-order valence-corrected chi connectivity index (χ2v) is 7.98.